The number of fused-ring (bicyclic) bond motifs is 10. The molecule has 4 nitrogen and oxygen atoms in total. The summed E-state index contributed by atoms with van der Waals surface area (Å²) in [6.45, 7) is 0. The van der Waals surface area contributed by atoms with Crippen molar-refractivity contribution in [3.05, 3.63) is 218 Å². The van der Waals surface area contributed by atoms with Crippen LogP contribution in [-0.4, -0.2) is 19.1 Å². The lowest BCUT2D eigenvalue weighted by molar-refractivity contribution is 1.02. The van der Waals surface area contributed by atoms with E-state index in [1.165, 1.54) is 49.3 Å². The number of nitrogens with zero attached hydrogens (tertiary/aromatic N) is 4. The van der Waals surface area contributed by atoms with Gasteiger partial charge in [-0.15, -0.1) is 0 Å². The van der Waals surface area contributed by atoms with Crippen LogP contribution >= 0.6 is 0 Å². The number of hydrogen-bond donors (Lipinski definition) is 0. The Hall–Kier alpha value is -8.34. The second-order valence-corrected chi connectivity index (χ2v) is 16.1. The minimum absolute atomic E-state index is 0.645. The summed E-state index contributed by atoms with van der Waals surface area (Å²) in [6, 6.07) is 78.5. The van der Waals surface area contributed by atoms with Crippen molar-refractivity contribution in [1.82, 2.24) is 19.1 Å². The highest BCUT2D eigenvalue weighted by atomic mass is 15.2. The third kappa shape index (κ3) is 5.20. The van der Waals surface area contributed by atoms with Crippen molar-refractivity contribution >= 4 is 76.1 Å². The first kappa shape index (κ1) is 34.5. The molecule has 0 N–H and O–H groups in total. The molecule has 0 aliphatic heterocycles. The summed E-state index contributed by atoms with van der Waals surface area (Å²) in [5.41, 5.74) is 13.3. The normalized spacial score (nSPS) is 11.9. The average molecular weight is 789 g/mol. The van der Waals surface area contributed by atoms with Crippen LogP contribution in [0.3, 0.4) is 0 Å². The van der Waals surface area contributed by atoms with Gasteiger partial charge in [-0.05, 0) is 93.0 Å². The highest BCUT2D eigenvalue weighted by molar-refractivity contribution is 6.16. The third-order valence-electron chi connectivity index (χ3n) is 12.7. The van der Waals surface area contributed by atoms with E-state index in [1.807, 2.05) is 0 Å². The van der Waals surface area contributed by atoms with E-state index in [-0.39, 0.29) is 0 Å². The summed E-state index contributed by atoms with van der Waals surface area (Å²) in [6.07, 6.45) is 0. The van der Waals surface area contributed by atoms with Gasteiger partial charge in [-0.25, -0.2) is 9.97 Å². The van der Waals surface area contributed by atoms with Gasteiger partial charge in [-0.1, -0.05) is 164 Å². The Labute approximate surface area is 357 Å². The molecule has 0 atom stereocenters. The summed E-state index contributed by atoms with van der Waals surface area (Å²) >= 11 is 0. The number of hydrogen-bond acceptors (Lipinski definition) is 2. The quantitative estimate of drug-likeness (QED) is 0.163. The van der Waals surface area contributed by atoms with E-state index in [1.54, 1.807) is 0 Å². The molecule has 0 aliphatic rings. The van der Waals surface area contributed by atoms with Crippen LogP contribution in [0.5, 0.6) is 0 Å². The maximum absolute atomic E-state index is 5.63. The minimum Gasteiger partial charge on any atom is -0.309 e. The van der Waals surface area contributed by atoms with Gasteiger partial charge in [0.05, 0.1) is 33.3 Å². The van der Waals surface area contributed by atoms with Crippen LogP contribution in [0.1, 0.15) is 0 Å². The van der Waals surface area contributed by atoms with Gasteiger partial charge in [-0.3, -0.25) is 4.57 Å². The number of para-hydroxylation sites is 3. The van der Waals surface area contributed by atoms with Gasteiger partial charge in [0, 0.05) is 43.6 Å². The summed E-state index contributed by atoms with van der Waals surface area (Å²) < 4.78 is 4.63. The van der Waals surface area contributed by atoms with Gasteiger partial charge in [0.1, 0.15) is 0 Å². The molecule has 62 heavy (non-hydrogen) atoms. The Bertz CT molecular complexity index is 3910. The lowest BCUT2D eigenvalue weighted by atomic mass is 9.92. The van der Waals surface area contributed by atoms with E-state index in [0.717, 1.165) is 66.0 Å². The van der Waals surface area contributed by atoms with E-state index in [9.17, 15) is 0 Å². The molecule has 0 spiro atoms. The van der Waals surface area contributed by atoms with Crippen molar-refractivity contribution in [1.29, 1.82) is 0 Å². The Morgan fingerprint density at radius 2 is 0.855 bits per heavy atom. The van der Waals surface area contributed by atoms with Crippen LogP contribution in [-0.2, 0) is 0 Å². The van der Waals surface area contributed by atoms with Crippen molar-refractivity contribution in [2.24, 2.45) is 0 Å². The molecule has 10 aromatic carbocycles. The molecule has 3 aromatic heterocycles. The highest BCUT2D eigenvalue weighted by Gasteiger charge is 2.21. The smallest absolute Gasteiger partial charge is 0.235 e. The third-order valence-corrected chi connectivity index (χ3v) is 12.7. The van der Waals surface area contributed by atoms with E-state index in [4.69, 9.17) is 9.97 Å². The SMILES string of the molecule is c1ccc(-c2cccc3cccc(-c4nc(-n5c6ccccc6c6cc(-c7ccc8c(c7)c7ccccc7n8-c7ccccc7)ccc65)nc5c4ccc4ccccc45)c23)cc1. The molecule has 4 heteroatoms. The van der Waals surface area contributed by atoms with Crippen LogP contribution in [0, 0.1) is 0 Å². The zero-order valence-corrected chi connectivity index (χ0v) is 33.6. The molecule has 13 aromatic rings. The molecular formula is C58H36N4. The van der Waals surface area contributed by atoms with Crippen LogP contribution in [0.25, 0.3) is 121 Å². The topological polar surface area (TPSA) is 35.6 Å². The first-order valence-electron chi connectivity index (χ1n) is 21.2. The van der Waals surface area contributed by atoms with E-state index in [0.29, 0.717) is 5.95 Å². The van der Waals surface area contributed by atoms with Gasteiger partial charge in [-0.2, -0.15) is 0 Å². The molecule has 0 unspecified atom stereocenters. The average Bonchev–Trinajstić information content (AvgIpc) is 3.86. The Balaban J connectivity index is 1.05. The Morgan fingerprint density at radius 1 is 0.306 bits per heavy atom. The highest BCUT2D eigenvalue weighted by Crippen LogP contribution is 2.42. The van der Waals surface area contributed by atoms with Crippen molar-refractivity contribution in [3.8, 4) is 45.1 Å². The summed E-state index contributed by atoms with van der Waals surface area (Å²) in [5.74, 6) is 0.645. The summed E-state index contributed by atoms with van der Waals surface area (Å²) in [7, 11) is 0. The second kappa shape index (κ2) is 13.6. The van der Waals surface area contributed by atoms with E-state index in [2.05, 4.69) is 228 Å². The molecule has 0 bridgehead atoms. The first-order chi connectivity index (χ1) is 30.8. The molecule has 0 saturated carbocycles. The van der Waals surface area contributed by atoms with Crippen molar-refractivity contribution < 1.29 is 0 Å². The molecule has 0 radical (unpaired) electrons. The number of rotatable bonds is 5. The lowest BCUT2D eigenvalue weighted by Gasteiger charge is -2.16. The molecule has 13 rings (SSSR count). The van der Waals surface area contributed by atoms with Gasteiger partial charge < -0.3 is 4.57 Å². The van der Waals surface area contributed by atoms with Crippen molar-refractivity contribution in [2.75, 3.05) is 0 Å². The lowest BCUT2D eigenvalue weighted by Crippen LogP contribution is -2.04. The maximum Gasteiger partial charge on any atom is 0.235 e. The van der Waals surface area contributed by atoms with Crippen LogP contribution in [0.2, 0.25) is 0 Å². The fraction of sp³-hybridized carbons (Fsp3) is 0. The molecule has 288 valence electrons. The van der Waals surface area contributed by atoms with Crippen LogP contribution < -0.4 is 0 Å². The van der Waals surface area contributed by atoms with Crippen molar-refractivity contribution in [2.45, 2.75) is 0 Å². The Kier molecular flexibility index (Phi) is 7.57. The predicted molar refractivity (Wildman–Crippen MR) is 260 cm³/mol. The largest absolute Gasteiger partial charge is 0.309 e. The molecule has 0 saturated heterocycles. The molecule has 0 amide bonds. The van der Waals surface area contributed by atoms with E-state index >= 15 is 0 Å². The number of aromatic nitrogens is 4. The minimum atomic E-state index is 0.645. The van der Waals surface area contributed by atoms with Gasteiger partial charge in [0.25, 0.3) is 0 Å². The zero-order valence-electron chi connectivity index (χ0n) is 33.6. The summed E-state index contributed by atoms with van der Waals surface area (Å²) in [5, 5.41) is 10.4. The number of benzene rings is 10. The van der Waals surface area contributed by atoms with Crippen molar-refractivity contribution in [3.63, 3.8) is 0 Å². The van der Waals surface area contributed by atoms with E-state index < -0.39 is 0 Å². The summed E-state index contributed by atoms with van der Waals surface area (Å²) in [4.78, 5) is 11.1. The molecular weight excluding hydrogens is 753 g/mol. The maximum atomic E-state index is 5.63. The predicted octanol–water partition coefficient (Wildman–Crippen LogP) is 15.1. The second-order valence-electron chi connectivity index (χ2n) is 16.1. The monoisotopic (exact) mass is 788 g/mol. The molecule has 3 heterocycles. The first-order valence-corrected chi connectivity index (χ1v) is 21.2. The van der Waals surface area contributed by atoms with Gasteiger partial charge >= 0.3 is 0 Å². The molecule has 0 aliphatic carbocycles. The van der Waals surface area contributed by atoms with Crippen LogP contribution in [0.15, 0.2) is 218 Å². The fourth-order valence-electron chi connectivity index (χ4n) is 9.93. The zero-order chi connectivity index (χ0) is 40.7. The molecule has 0 fully saturated rings. The fourth-order valence-corrected chi connectivity index (χ4v) is 9.93. The Morgan fingerprint density at radius 3 is 1.56 bits per heavy atom. The standard InChI is InChI=1S/C58H36N4/c1-3-15-37(16-4-1)43-25-13-18-39-19-14-26-47(55(39)43)57-48-32-29-38-17-7-8-22-44(38)56(48)59-58(60-57)62-52-28-12-10-24-46(52)50-36-41(31-34-54(50)62)40-30-33-53-49(35-40)45-23-9-11-27-51(45)61(53)42-20-5-2-6-21-42/h1-36H. The van der Waals surface area contributed by atoms with Gasteiger partial charge in [0.15, 0.2) is 0 Å². The van der Waals surface area contributed by atoms with Gasteiger partial charge in [0.2, 0.25) is 5.95 Å². The van der Waals surface area contributed by atoms with Crippen LogP contribution in [0.4, 0.5) is 0 Å².